The number of alkyl halides is 3. The number of hydrogen-bond donors (Lipinski definition) is 2. The van der Waals surface area contributed by atoms with Crippen molar-refractivity contribution in [3.05, 3.63) is 54.4 Å². The Hall–Kier alpha value is -3.17. The molecule has 0 radical (unpaired) electrons. The summed E-state index contributed by atoms with van der Waals surface area (Å²) in [4.78, 5) is 32.4. The highest BCUT2D eigenvalue weighted by molar-refractivity contribution is 6.08. The first-order valence-corrected chi connectivity index (χ1v) is 7.63. The Morgan fingerprint density at radius 1 is 1.08 bits per heavy atom. The molecule has 10 heteroatoms. The van der Waals surface area contributed by atoms with Crippen LogP contribution in [0.2, 0.25) is 0 Å². The fraction of sp³-hybridized carbons (Fsp3) is 0.250. The molecule has 7 nitrogen and oxygen atoms in total. The van der Waals surface area contributed by atoms with E-state index in [9.17, 15) is 22.8 Å². The second-order valence-electron chi connectivity index (χ2n) is 5.57. The molecule has 2 N–H and O–H groups in total. The van der Waals surface area contributed by atoms with Gasteiger partial charge < -0.3 is 5.32 Å². The van der Waals surface area contributed by atoms with E-state index in [0.717, 1.165) is 5.56 Å². The van der Waals surface area contributed by atoms with Gasteiger partial charge in [0, 0.05) is 18.9 Å². The van der Waals surface area contributed by atoms with Crippen molar-refractivity contribution in [3.63, 3.8) is 0 Å². The van der Waals surface area contributed by atoms with E-state index in [1.807, 2.05) is 5.32 Å². The molecule has 0 bridgehead atoms. The Labute approximate surface area is 146 Å². The van der Waals surface area contributed by atoms with E-state index in [1.54, 1.807) is 35.6 Å². The lowest BCUT2D eigenvalue weighted by Crippen LogP contribution is -2.64. The number of anilines is 1. The monoisotopic (exact) mass is 365 g/mol. The summed E-state index contributed by atoms with van der Waals surface area (Å²) in [6.45, 7) is -0.191. The van der Waals surface area contributed by atoms with E-state index in [2.05, 4.69) is 9.97 Å². The normalized spacial score (nSPS) is 20.2. The number of hydrogen-bond acceptors (Lipinski definition) is 5. The summed E-state index contributed by atoms with van der Waals surface area (Å²) in [6.07, 6.45) is -2.43. The van der Waals surface area contributed by atoms with Crippen LogP contribution in [0, 0.1) is 0 Å². The summed E-state index contributed by atoms with van der Waals surface area (Å²) in [5.74, 6) is -1.87. The number of imide groups is 1. The van der Waals surface area contributed by atoms with Gasteiger partial charge in [0.2, 0.25) is 5.95 Å². The fourth-order valence-electron chi connectivity index (χ4n) is 2.54. The first kappa shape index (κ1) is 17.6. The highest BCUT2D eigenvalue weighted by Gasteiger charge is 2.68. The van der Waals surface area contributed by atoms with E-state index >= 15 is 0 Å². The summed E-state index contributed by atoms with van der Waals surface area (Å²) in [6, 6.07) is 9.09. The zero-order valence-corrected chi connectivity index (χ0v) is 13.3. The maximum atomic E-state index is 13.7. The topological polar surface area (TPSA) is 87.2 Å². The van der Waals surface area contributed by atoms with E-state index in [4.69, 9.17) is 0 Å². The third-order valence-electron chi connectivity index (χ3n) is 3.86. The summed E-state index contributed by atoms with van der Waals surface area (Å²) >= 11 is 0. The van der Waals surface area contributed by atoms with Gasteiger partial charge in [-0.1, -0.05) is 30.3 Å². The third kappa shape index (κ3) is 3.17. The fourth-order valence-corrected chi connectivity index (χ4v) is 2.54. The highest BCUT2D eigenvalue weighted by Crippen LogP contribution is 2.35. The molecule has 1 unspecified atom stereocenters. The SMILES string of the molecule is O=C1NC(Nc2ncccn2)(C(F)(F)F)C(=O)N1CCc1ccccc1. The first-order valence-electron chi connectivity index (χ1n) is 7.63. The second kappa shape index (κ2) is 6.62. The van der Waals surface area contributed by atoms with Gasteiger partial charge in [0.05, 0.1) is 0 Å². The molecular weight excluding hydrogens is 351 g/mol. The van der Waals surface area contributed by atoms with E-state index in [-0.39, 0.29) is 13.0 Å². The van der Waals surface area contributed by atoms with Crippen LogP contribution in [0.5, 0.6) is 0 Å². The molecule has 1 aliphatic heterocycles. The predicted octanol–water partition coefficient (Wildman–Crippen LogP) is 1.94. The van der Waals surface area contributed by atoms with Gasteiger partial charge in [0.15, 0.2) is 0 Å². The molecule has 3 amide bonds. The molecule has 1 aromatic carbocycles. The van der Waals surface area contributed by atoms with Crippen LogP contribution >= 0.6 is 0 Å². The van der Waals surface area contributed by atoms with Crippen LogP contribution in [0.25, 0.3) is 0 Å². The van der Waals surface area contributed by atoms with Gasteiger partial charge in [-0.15, -0.1) is 0 Å². The van der Waals surface area contributed by atoms with Crippen molar-refractivity contribution in [3.8, 4) is 0 Å². The minimum atomic E-state index is -5.10. The number of rotatable bonds is 5. The van der Waals surface area contributed by atoms with Gasteiger partial charge in [-0.05, 0) is 18.1 Å². The van der Waals surface area contributed by atoms with Crippen molar-refractivity contribution in [2.75, 3.05) is 11.9 Å². The van der Waals surface area contributed by atoms with Crippen molar-refractivity contribution >= 4 is 17.9 Å². The van der Waals surface area contributed by atoms with Crippen LogP contribution in [0.3, 0.4) is 0 Å². The minimum absolute atomic E-state index is 0.191. The van der Waals surface area contributed by atoms with E-state index in [1.165, 1.54) is 18.5 Å². The Morgan fingerprint density at radius 2 is 1.73 bits per heavy atom. The Bertz CT molecular complexity index is 801. The molecule has 1 aromatic heterocycles. The zero-order valence-electron chi connectivity index (χ0n) is 13.3. The standard InChI is InChI=1S/C16H14F3N5O2/c17-16(18,19)15(22-13-20-8-4-9-21-13)12(25)24(14(26)23-15)10-7-11-5-2-1-3-6-11/h1-6,8-9H,7,10H2,(H,23,26)(H,20,21,22). The van der Waals surface area contributed by atoms with Gasteiger partial charge in [0.25, 0.3) is 11.6 Å². The van der Waals surface area contributed by atoms with Crippen molar-refractivity contribution in [2.24, 2.45) is 0 Å². The van der Waals surface area contributed by atoms with Gasteiger partial charge in [-0.3, -0.25) is 15.0 Å². The molecule has 136 valence electrons. The molecular formula is C16H14F3N5O2. The molecule has 2 aromatic rings. The number of halogens is 3. The number of aromatic nitrogens is 2. The summed E-state index contributed by atoms with van der Waals surface area (Å²) in [5, 5.41) is 3.65. The van der Waals surface area contributed by atoms with Crippen molar-refractivity contribution in [1.29, 1.82) is 0 Å². The van der Waals surface area contributed by atoms with Crippen molar-refractivity contribution in [1.82, 2.24) is 20.2 Å². The van der Waals surface area contributed by atoms with Crippen LogP contribution in [-0.4, -0.2) is 45.2 Å². The molecule has 1 saturated heterocycles. The van der Waals surface area contributed by atoms with Crippen molar-refractivity contribution < 1.29 is 22.8 Å². The maximum absolute atomic E-state index is 13.7. The molecule has 3 rings (SSSR count). The average Bonchev–Trinajstić information content (AvgIpc) is 2.86. The van der Waals surface area contributed by atoms with Gasteiger partial charge >= 0.3 is 12.2 Å². The van der Waals surface area contributed by atoms with Crippen LogP contribution < -0.4 is 10.6 Å². The summed E-state index contributed by atoms with van der Waals surface area (Å²) < 4.78 is 41.0. The lowest BCUT2D eigenvalue weighted by atomic mass is 10.1. The van der Waals surface area contributed by atoms with Gasteiger partial charge in [-0.25, -0.2) is 14.8 Å². The van der Waals surface area contributed by atoms with Crippen LogP contribution in [0.1, 0.15) is 5.56 Å². The smallest absolute Gasteiger partial charge is 0.316 e. The number of carbonyl (C=O) groups is 2. The van der Waals surface area contributed by atoms with Crippen LogP contribution in [0.4, 0.5) is 23.9 Å². The molecule has 2 heterocycles. The largest absolute Gasteiger partial charge is 0.440 e. The van der Waals surface area contributed by atoms with Gasteiger partial charge in [0.1, 0.15) is 0 Å². The number of nitrogens with one attached hydrogen (secondary N) is 2. The lowest BCUT2D eigenvalue weighted by molar-refractivity contribution is -0.188. The lowest BCUT2D eigenvalue weighted by Gasteiger charge is -2.29. The maximum Gasteiger partial charge on any atom is 0.440 e. The number of nitrogens with zero attached hydrogens (tertiary/aromatic N) is 3. The quantitative estimate of drug-likeness (QED) is 0.791. The number of benzene rings is 1. The number of carbonyl (C=O) groups excluding carboxylic acids is 2. The number of amides is 3. The van der Waals surface area contributed by atoms with Crippen LogP contribution in [0.15, 0.2) is 48.8 Å². The Morgan fingerprint density at radius 3 is 2.35 bits per heavy atom. The summed E-state index contributed by atoms with van der Waals surface area (Å²) in [5.41, 5.74) is -2.51. The van der Waals surface area contributed by atoms with Gasteiger partial charge in [-0.2, -0.15) is 13.2 Å². The first-order chi connectivity index (χ1) is 12.3. The highest BCUT2D eigenvalue weighted by atomic mass is 19.4. The molecule has 1 fully saturated rings. The number of urea groups is 1. The molecule has 1 atom stereocenters. The zero-order chi connectivity index (χ0) is 18.8. The molecule has 0 spiro atoms. The predicted molar refractivity (Wildman–Crippen MR) is 84.8 cm³/mol. The Kier molecular flexibility index (Phi) is 4.49. The second-order valence-corrected chi connectivity index (χ2v) is 5.57. The van der Waals surface area contributed by atoms with Crippen molar-refractivity contribution in [2.45, 2.75) is 18.3 Å². The molecule has 0 saturated carbocycles. The molecule has 1 aliphatic rings. The average molecular weight is 365 g/mol. The van der Waals surface area contributed by atoms with E-state index in [0.29, 0.717) is 4.90 Å². The Balaban J connectivity index is 1.84. The molecule has 0 aliphatic carbocycles. The third-order valence-corrected chi connectivity index (χ3v) is 3.86. The molecule has 26 heavy (non-hydrogen) atoms. The summed E-state index contributed by atoms with van der Waals surface area (Å²) in [7, 11) is 0. The van der Waals surface area contributed by atoms with E-state index < -0.39 is 29.7 Å². The minimum Gasteiger partial charge on any atom is -0.316 e. The van der Waals surface area contributed by atoms with Crippen LogP contribution in [-0.2, 0) is 11.2 Å².